The lowest BCUT2D eigenvalue weighted by molar-refractivity contribution is 0.184. The number of benzene rings is 1. The third-order valence-electron chi connectivity index (χ3n) is 1.79. The topological polar surface area (TPSA) is 20.2 Å². The molecule has 0 aliphatic rings. The van der Waals surface area contributed by atoms with E-state index < -0.39 is 6.10 Å². The van der Waals surface area contributed by atoms with Crippen LogP contribution in [0.2, 0.25) is 5.02 Å². The van der Waals surface area contributed by atoms with Crippen molar-refractivity contribution in [1.82, 2.24) is 0 Å². The fourth-order valence-electron chi connectivity index (χ4n) is 1.08. The molecule has 1 aromatic carbocycles. The Morgan fingerprint density at radius 1 is 1.57 bits per heavy atom. The van der Waals surface area contributed by atoms with Crippen molar-refractivity contribution in [1.29, 1.82) is 0 Å². The second-order valence-corrected chi connectivity index (χ2v) is 4.14. The zero-order valence-corrected chi connectivity index (χ0v) is 10.1. The Bertz CT molecular complexity index is 379. The summed E-state index contributed by atoms with van der Waals surface area (Å²) in [5.74, 6) is 5.56. The second kappa shape index (κ2) is 5.41. The highest BCUT2D eigenvalue weighted by Crippen LogP contribution is 2.27. The van der Waals surface area contributed by atoms with Crippen LogP contribution >= 0.6 is 27.5 Å². The molecule has 1 nitrogen and oxygen atoms in total. The average molecular weight is 274 g/mol. The van der Waals surface area contributed by atoms with Gasteiger partial charge in [-0.05, 0) is 25.1 Å². The number of aliphatic hydroxyl groups is 1. The third kappa shape index (κ3) is 3.02. The third-order valence-corrected chi connectivity index (χ3v) is 2.63. The van der Waals surface area contributed by atoms with E-state index in [1.807, 2.05) is 12.1 Å². The highest BCUT2D eigenvalue weighted by molar-refractivity contribution is 9.10. The Labute approximate surface area is 97.2 Å². The second-order valence-electron chi connectivity index (χ2n) is 2.81. The molecule has 1 atom stereocenters. The molecule has 0 bridgehead atoms. The van der Waals surface area contributed by atoms with Gasteiger partial charge in [-0.25, -0.2) is 0 Å². The molecule has 0 aromatic heterocycles. The number of halogens is 2. The molecule has 1 aromatic rings. The molecule has 0 aliphatic heterocycles. The van der Waals surface area contributed by atoms with Gasteiger partial charge in [0.1, 0.15) is 0 Å². The molecule has 1 rings (SSSR count). The minimum atomic E-state index is -0.618. The lowest BCUT2D eigenvalue weighted by Crippen LogP contribution is -1.96. The Hall–Kier alpha value is -0.490. The van der Waals surface area contributed by atoms with Crippen LogP contribution in [0.5, 0.6) is 0 Å². The maximum Gasteiger partial charge on any atom is 0.0913 e. The van der Waals surface area contributed by atoms with Crippen molar-refractivity contribution in [2.75, 3.05) is 0 Å². The van der Waals surface area contributed by atoms with Gasteiger partial charge in [-0.2, -0.15) is 0 Å². The van der Waals surface area contributed by atoms with Crippen molar-refractivity contribution in [3.63, 3.8) is 0 Å². The fraction of sp³-hybridized carbons (Fsp3) is 0.273. The van der Waals surface area contributed by atoms with Crippen molar-refractivity contribution in [2.45, 2.75) is 19.4 Å². The van der Waals surface area contributed by atoms with Gasteiger partial charge in [0.05, 0.1) is 6.10 Å². The zero-order chi connectivity index (χ0) is 10.6. The molecule has 0 spiro atoms. The Kier molecular flexibility index (Phi) is 4.47. The summed E-state index contributed by atoms with van der Waals surface area (Å²) in [6.07, 6.45) is -0.209. The first-order chi connectivity index (χ1) is 6.65. The van der Waals surface area contributed by atoms with Crippen LogP contribution in [0.15, 0.2) is 22.7 Å². The lowest BCUT2D eigenvalue weighted by Gasteiger charge is -2.09. The van der Waals surface area contributed by atoms with Crippen LogP contribution in [0.25, 0.3) is 0 Å². The van der Waals surface area contributed by atoms with Crippen LogP contribution in [-0.2, 0) is 0 Å². The summed E-state index contributed by atoms with van der Waals surface area (Å²) in [6.45, 7) is 1.75. The van der Waals surface area contributed by atoms with E-state index in [0.717, 1.165) is 4.47 Å². The molecule has 3 heteroatoms. The summed E-state index contributed by atoms with van der Waals surface area (Å²) in [5.41, 5.74) is 0.712. The van der Waals surface area contributed by atoms with Gasteiger partial charge in [0.2, 0.25) is 0 Å². The minimum Gasteiger partial charge on any atom is -0.387 e. The molecule has 1 N–H and O–H groups in total. The van der Waals surface area contributed by atoms with Gasteiger partial charge in [-0.3, -0.25) is 0 Å². The van der Waals surface area contributed by atoms with Crippen LogP contribution in [0.4, 0.5) is 0 Å². The molecule has 1 unspecified atom stereocenters. The smallest absolute Gasteiger partial charge is 0.0913 e. The first-order valence-corrected chi connectivity index (χ1v) is 5.35. The predicted octanol–water partition coefficient (Wildman–Crippen LogP) is 3.55. The van der Waals surface area contributed by atoms with Gasteiger partial charge in [0, 0.05) is 21.5 Å². The Morgan fingerprint density at radius 2 is 2.29 bits per heavy atom. The van der Waals surface area contributed by atoms with E-state index in [1.54, 1.807) is 13.0 Å². The van der Waals surface area contributed by atoms with Gasteiger partial charge in [0.25, 0.3) is 0 Å². The molecule has 0 fully saturated rings. The van der Waals surface area contributed by atoms with Gasteiger partial charge in [-0.1, -0.05) is 27.5 Å². The maximum atomic E-state index is 9.75. The molecule has 0 amide bonds. The summed E-state index contributed by atoms with van der Waals surface area (Å²) in [4.78, 5) is 0. The average Bonchev–Trinajstić information content (AvgIpc) is 2.18. The van der Waals surface area contributed by atoms with Crippen molar-refractivity contribution in [2.24, 2.45) is 0 Å². The maximum absolute atomic E-state index is 9.75. The minimum absolute atomic E-state index is 0.409. The van der Waals surface area contributed by atoms with E-state index in [0.29, 0.717) is 17.0 Å². The predicted molar refractivity (Wildman–Crippen MR) is 62.2 cm³/mol. The number of aliphatic hydroxyl groups excluding tert-OH is 1. The standard InChI is InChI=1S/C11H10BrClO/c1-2-3-4-11(14)9-7-8(12)5-6-10(9)13/h5-7,11,14H,4H2,1H3. The SMILES string of the molecule is CC#CCC(O)c1cc(Br)ccc1Cl. The van der Waals surface area contributed by atoms with Crippen molar-refractivity contribution in [3.05, 3.63) is 33.3 Å². The molecule has 0 saturated heterocycles. The van der Waals surface area contributed by atoms with E-state index in [9.17, 15) is 5.11 Å². The summed E-state index contributed by atoms with van der Waals surface area (Å²) in [6, 6.07) is 5.40. The molecular weight excluding hydrogens is 263 g/mol. The first-order valence-electron chi connectivity index (χ1n) is 4.17. The molecule has 74 valence electrons. The van der Waals surface area contributed by atoms with Gasteiger partial charge in [0.15, 0.2) is 0 Å². The van der Waals surface area contributed by atoms with E-state index in [1.165, 1.54) is 0 Å². The van der Waals surface area contributed by atoms with Gasteiger partial charge < -0.3 is 5.11 Å². The Morgan fingerprint density at radius 3 is 2.93 bits per heavy atom. The van der Waals surface area contributed by atoms with Gasteiger partial charge >= 0.3 is 0 Å². The van der Waals surface area contributed by atoms with Crippen LogP contribution in [0.3, 0.4) is 0 Å². The van der Waals surface area contributed by atoms with Crippen LogP contribution in [0, 0.1) is 11.8 Å². The normalized spacial score (nSPS) is 11.7. The van der Waals surface area contributed by atoms with Crippen LogP contribution < -0.4 is 0 Å². The number of hydrogen-bond donors (Lipinski definition) is 1. The van der Waals surface area contributed by atoms with E-state index in [2.05, 4.69) is 27.8 Å². The Balaban J connectivity index is 2.91. The van der Waals surface area contributed by atoms with Gasteiger partial charge in [-0.15, -0.1) is 11.8 Å². The highest BCUT2D eigenvalue weighted by atomic mass is 79.9. The molecule has 0 aliphatic carbocycles. The van der Waals surface area contributed by atoms with Crippen molar-refractivity contribution >= 4 is 27.5 Å². The van der Waals surface area contributed by atoms with Crippen molar-refractivity contribution < 1.29 is 5.11 Å². The summed E-state index contributed by atoms with van der Waals surface area (Å²) in [5, 5.41) is 10.3. The lowest BCUT2D eigenvalue weighted by atomic mass is 10.1. The highest BCUT2D eigenvalue weighted by Gasteiger charge is 2.10. The fourth-order valence-corrected chi connectivity index (χ4v) is 1.70. The number of rotatable bonds is 2. The largest absolute Gasteiger partial charge is 0.387 e. The summed E-state index contributed by atoms with van der Waals surface area (Å²) < 4.78 is 0.903. The molecule has 0 saturated carbocycles. The van der Waals surface area contributed by atoms with E-state index in [4.69, 9.17) is 11.6 Å². The monoisotopic (exact) mass is 272 g/mol. The summed E-state index contributed by atoms with van der Waals surface area (Å²) >= 11 is 9.27. The summed E-state index contributed by atoms with van der Waals surface area (Å²) in [7, 11) is 0. The molecule has 0 heterocycles. The molecule has 14 heavy (non-hydrogen) atoms. The molecule has 0 radical (unpaired) electrons. The quantitative estimate of drug-likeness (QED) is 0.817. The van der Waals surface area contributed by atoms with E-state index >= 15 is 0 Å². The van der Waals surface area contributed by atoms with E-state index in [-0.39, 0.29) is 0 Å². The van der Waals surface area contributed by atoms with Crippen molar-refractivity contribution in [3.8, 4) is 11.8 Å². The number of hydrogen-bond acceptors (Lipinski definition) is 1. The zero-order valence-electron chi connectivity index (χ0n) is 7.72. The molecular formula is C11H10BrClO. The van der Waals surface area contributed by atoms with Crippen LogP contribution in [0.1, 0.15) is 25.0 Å². The van der Waals surface area contributed by atoms with Crippen LogP contribution in [-0.4, -0.2) is 5.11 Å². The first kappa shape index (κ1) is 11.6.